The highest BCUT2D eigenvalue weighted by Gasteiger charge is 2.38. The third kappa shape index (κ3) is 2.79. The Morgan fingerprint density at radius 1 is 1.06 bits per heavy atom. The van der Waals surface area contributed by atoms with Crippen LogP contribution in [-0.4, -0.2) is 5.54 Å². The average Bonchev–Trinajstić information content (AvgIpc) is 2.34. The fourth-order valence-electron chi connectivity index (χ4n) is 2.42. The molecule has 0 amide bonds. The maximum Gasteiger partial charge on any atom is 0.125 e. The molecule has 1 saturated carbocycles. The Morgan fingerprint density at radius 2 is 1.65 bits per heavy atom. The predicted molar refractivity (Wildman–Crippen MR) is 70.7 cm³/mol. The first-order valence-electron chi connectivity index (χ1n) is 6.30. The number of hydrogen-bond donors (Lipinski definition) is 1. The molecule has 0 radical (unpaired) electrons. The third-order valence-electron chi connectivity index (χ3n) is 3.83. The van der Waals surface area contributed by atoms with Gasteiger partial charge < -0.3 is 5.32 Å². The lowest BCUT2D eigenvalue weighted by molar-refractivity contribution is 0.206. The van der Waals surface area contributed by atoms with E-state index in [-0.39, 0.29) is 5.54 Å². The minimum absolute atomic E-state index is 0.364. The molecule has 0 spiro atoms. The zero-order valence-electron chi connectivity index (χ0n) is 10.7. The first kappa shape index (κ1) is 12.0. The Morgan fingerprint density at radius 3 is 2.18 bits per heavy atom. The number of para-hydroxylation sites is 1. The molecule has 0 aliphatic heterocycles. The quantitative estimate of drug-likeness (QED) is 0.831. The fraction of sp³-hybridized carbons (Fsp3) is 0.533. The number of hydrogen-bond acceptors (Lipinski definition) is 2. The highest BCUT2D eigenvalue weighted by atomic mass is 15.0. The van der Waals surface area contributed by atoms with Crippen LogP contribution in [0.3, 0.4) is 0 Å². The van der Waals surface area contributed by atoms with Gasteiger partial charge in [0.15, 0.2) is 0 Å². The first-order chi connectivity index (χ1) is 8.05. The van der Waals surface area contributed by atoms with E-state index in [1.165, 1.54) is 0 Å². The Balaban J connectivity index is 2.10. The summed E-state index contributed by atoms with van der Waals surface area (Å²) in [6.45, 7) is 4.58. The minimum atomic E-state index is -0.364. The van der Waals surface area contributed by atoms with Gasteiger partial charge in [-0.05, 0) is 43.2 Å². The van der Waals surface area contributed by atoms with Crippen molar-refractivity contribution in [1.29, 1.82) is 5.26 Å². The molecule has 1 N–H and O–H groups in total. The molecule has 1 aliphatic carbocycles. The maximum atomic E-state index is 9.46. The van der Waals surface area contributed by atoms with Crippen LogP contribution < -0.4 is 5.32 Å². The lowest BCUT2D eigenvalue weighted by Gasteiger charge is -2.40. The van der Waals surface area contributed by atoms with Crippen molar-refractivity contribution in [3.05, 3.63) is 30.3 Å². The molecule has 2 nitrogen and oxygen atoms in total. The van der Waals surface area contributed by atoms with Gasteiger partial charge in [0.2, 0.25) is 0 Å². The van der Waals surface area contributed by atoms with Crippen molar-refractivity contribution in [1.82, 2.24) is 0 Å². The molecule has 0 bridgehead atoms. The van der Waals surface area contributed by atoms with Gasteiger partial charge in [-0.15, -0.1) is 0 Å². The van der Waals surface area contributed by atoms with E-state index in [2.05, 4.69) is 25.2 Å². The second kappa shape index (κ2) is 4.41. The molecule has 17 heavy (non-hydrogen) atoms. The summed E-state index contributed by atoms with van der Waals surface area (Å²) in [6.07, 6.45) is 4.09. The van der Waals surface area contributed by atoms with Gasteiger partial charge >= 0.3 is 0 Å². The van der Waals surface area contributed by atoms with E-state index in [4.69, 9.17) is 0 Å². The van der Waals surface area contributed by atoms with Crippen LogP contribution in [0.4, 0.5) is 5.69 Å². The van der Waals surface area contributed by atoms with Crippen LogP contribution in [0.15, 0.2) is 30.3 Å². The number of nitrogens with zero attached hydrogens (tertiary/aromatic N) is 1. The van der Waals surface area contributed by atoms with Crippen molar-refractivity contribution in [2.75, 3.05) is 5.32 Å². The van der Waals surface area contributed by atoms with Crippen molar-refractivity contribution < 1.29 is 0 Å². The van der Waals surface area contributed by atoms with Gasteiger partial charge in [0.25, 0.3) is 0 Å². The number of nitrogens with one attached hydrogen (secondary N) is 1. The summed E-state index contributed by atoms with van der Waals surface area (Å²) < 4.78 is 0. The Bertz CT molecular complexity index is 404. The predicted octanol–water partition coefficient (Wildman–Crippen LogP) is 3.96. The molecule has 2 heteroatoms. The van der Waals surface area contributed by atoms with Crippen LogP contribution in [-0.2, 0) is 0 Å². The molecule has 0 saturated heterocycles. The van der Waals surface area contributed by atoms with Crippen LogP contribution in [0, 0.1) is 16.7 Å². The fourth-order valence-corrected chi connectivity index (χ4v) is 2.42. The molecule has 2 rings (SSSR count). The first-order valence-corrected chi connectivity index (χ1v) is 6.30. The van der Waals surface area contributed by atoms with Gasteiger partial charge in [0.05, 0.1) is 6.07 Å². The summed E-state index contributed by atoms with van der Waals surface area (Å²) >= 11 is 0. The number of anilines is 1. The van der Waals surface area contributed by atoms with E-state index in [1.807, 2.05) is 30.3 Å². The lowest BCUT2D eigenvalue weighted by Crippen LogP contribution is -2.42. The number of nitriles is 1. The van der Waals surface area contributed by atoms with E-state index >= 15 is 0 Å². The van der Waals surface area contributed by atoms with Gasteiger partial charge in [-0.2, -0.15) is 5.26 Å². The summed E-state index contributed by atoms with van der Waals surface area (Å²) in [5.74, 6) is 0. The molecule has 1 aromatic rings. The summed E-state index contributed by atoms with van der Waals surface area (Å²) in [5, 5.41) is 12.9. The molecule has 1 aliphatic rings. The van der Waals surface area contributed by atoms with Crippen LogP contribution in [0.5, 0.6) is 0 Å². The van der Waals surface area contributed by atoms with Crippen LogP contribution in [0.1, 0.15) is 39.5 Å². The van der Waals surface area contributed by atoms with Gasteiger partial charge in [0.1, 0.15) is 5.54 Å². The van der Waals surface area contributed by atoms with Crippen LogP contribution in [0.25, 0.3) is 0 Å². The van der Waals surface area contributed by atoms with E-state index < -0.39 is 0 Å². The maximum absolute atomic E-state index is 9.46. The van der Waals surface area contributed by atoms with E-state index in [0.29, 0.717) is 5.41 Å². The molecule has 0 atom stereocenters. The number of benzene rings is 1. The Hall–Kier alpha value is -1.49. The van der Waals surface area contributed by atoms with E-state index in [9.17, 15) is 5.26 Å². The SMILES string of the molecule is CC1(C)CCC(C#N)(Nc2ccccc2)CC1. The standard InChI is InChI=1S/C15H20N2/c1-14(2)8-10-15(12-16,11-9-14)17-13-6-4-3-5-7-13/h3-7,17H,8-11H2,1-2H3. The van der Waals surface area contributed by atoms with E-state index in [0.717, 1.165) is 31.4 Å². The molecule has 90 valence electrons. The van der Waals surface area contributed by atoms with Gasteiger partial charge in [-0.25, -0.2) is 0 Å². The lowest BCUT2D eigenvalue weighted by atomic mass is 9.70. The second-order valence-electron chi connectivity index (χ2n) is 5.85. The normalized spacial score (nSPS) is 21.5. The smallest absolute Gasteiger partial charge is 0.125 e. The largest absolute Gasteiger partial charge is 0.367 e. The van der Waals surface area contributed by atoms with Crippen molar-refractivity contribution >= 4 is 5.69 Å². The molecule has 1 aromatic carbocycles. The molecule has 0 heterocycles. The monoisotopic (exact) mass is 228 g/mol. The molecule has 0 aromatic heterocycles. The molecule has 1 fully saturated rings. The van der Waals surface area contributed by atoms with Crippen LogP contribution >= 0.6 is 0 Å². The average molecular weight is 228 g/mol. The molecular formula is C15H20N2. The van der Waals surface area contributed by atoms with Crippen LogP contribution in [0.2, 0.25) is 0 Å². The third-order valence-corrected chi connectivity index (χ3v) is 3.83. The van der Waals surface area contributed by atoms with Crippen molar-refractivity contribution in [3.8, 4) is 6.07 Å². The summed E-state index contributed by atoms with van der Waals surface area (Å²) in [6, 6.07) is 12.5. The highest BCUT2D eigenvalue weighted by molar-refractivity contribution is 5.47. The van der Waals surface area contributed by atoms with Gasteiger partial charge in [0, 0.05) is 5.69 Å². The zero-order valence-corrected chi connectivity index (χ0v) is 10.7. The van der Waals surface area contributed by atoms with Gasteiger partial charge in [-0.1, -0.05) is 32.0 Å². The Kier molecular flexibility index (Phi) is 3.11. The van der Waals surface area contributed by atoms with Crippen molar-refractivity contribution in [3.63, 3.8) is 0 Å². The zero-order chi connectivity index (χ0) is 12.4. The van der Waals surface area contributed by atoms with E-state index in [1.54, 1.807) is 0 Å². The molecule has 0 unspecified atom stereocenters. The van der Waals surface area contributed by atoms with Crippen molar-refractivity contribution in [2.24, 2.45) is 5.41 Å². The minimum Gasteiger partial charge on any atom is -0.367 e. The summed E-state index contributed by atoms with van der Waals surface area (Å²) in [7, 11) is 0. The second-order valence-corrected chi connectivity index (χ2v) is 5.85. The number of rotatable bonds is 2. The Labute approximate surface area is 104 Å². The molecular weight excluding hydrogens is 208 g/mol. The highest BCUT2D eigenvalue weighted by Crippen LogP contribution is 2.41. The summed E-state index contributed by atoms with van der Waals surface area (Å²) in [4.78, 5) is 0. The van der Waals surface area contributed by atoms with Gasteiger partial charge in [-0.3, -0.25) is 0 Å². The topological polar surface area (TPSA) is 35.8 Å². The summed E-state index contributed by atoms with van der Waals surface area (Å²) in [5.41, 5.74) is 1.07. The van der Waals surface area contributed by atoms with Crippen molar-refractivity contribution in [2.45, 2.75) is 45.1 Å².